The second kappa shape index (κ2) is 5.01. The number of benzene rings is 1. The molecule has 3 N–H and O–H groups in total. The molecule has 1 aromatic carbocycles. The summed E-state index contributed by atoms with van der Waals surface area (Å²) < 4.78 is 38.7. The Morgan fingerprint density at radius 1 is 1.59 bits per heavy atom. The minimum absolute atomic E-state index is 0.127. The third kappa shape index (κ3) is 3.07. The molecule has 1 unspecified atom stereocenters. The largest absolute Gasteiger partial charge is 0.399 e. The van der Waals surface area contributed by atoms with Gasteiger partial charge in [0, 0.05) is 5.69 Å². The summed E-state index contributed by atoms with van der Waals surface area (Å²) in [5, 5.41) is 7.46. The van der Waals surface area contributed by atoms with Gasteiger partial charge in [0.15, 0.2) is 5.25 Å². The van der Waals surface area contributed by atoms with Crippen molar-refractivity contribution in [2.75, 3.05) is 10.5 Å². The number of hydrogen-bond donors (Lipinski definition) is 2. The number of nitrogens with zero attached hydrogens (tertiary/aromatic N) is 1. The van der Waals surface area contributed by atoms with Gasteiger partial charge in [-0.2, -0.15) is 5.26 Å². The number of sulfonamides is 1. The van der Waals surface area contributed by atoms with Crippen LogP contribution >= 0.6 is 0 Å². The molecule has 0 spiro atoms. The number of anilines is 2. The monoisotopic (exact) mass is 257 g/mol. The summed E-state index contributed by atoms with van der Waals surface area (Å²) in [4.78, 5) is 0. The molecule has 1 aromatic rings. The standard InChI is InChI=1S/C10H12FN3O2S/c1-2-8(6-12)17(15,16)14-10-4-3-7(13)5-9(10)11/h3-5,8,14H,2,13H2,1H3. The fraction of sp³-hybridized carbons (Fsp3) is 0.300. The van der Waals surface area contributed by atoms with E-state index in [0.29, 0.717) is 0 Å². The van der Waals surface area contributed by atoms with Gasteiger partial charge in [-0.25, -0.2) is 12.8 Å². The van der Waals surface area contributed by atoms with Crippen molar-refractivity contribution in [2.45, 2.75) is 18.6 Å². The molecule has 92 valence electrons. The van der Waals surface area contributed by atoms with Gasteiger partial charge in [-0.3, -0.25) is 4.72 Å². The fourth-order valence-corrected chi connectivity index (χ4v) is 2.41. The predicted octanol–water partition coefficient (Wildman–Crippen LogP) is 1.45. The number of nitrogens with two attached hydrogens (primary N) is 1. The van der Waals surface area contributed by atoms with Gasteiger partial charge in [-0.1, -0.05) is 6.92 Å². The Morgan fingerprint density at radius 3 is 2.71 bits per heavy atom. The first kappa shape index (κ1) is 13.3. The van der Waals surface area contributed by atoms with Crippen molar-refractivity contribution in [3.05, 3.63) is 24.0 Å². The number of nitrogens with one attached hydrogen (secondary N) is 1. The molecule has 0 saturated heterocycles. The molecule has 0 bridgehead atoms. The van der Waals surface area contributed by atoms with Crippen LogP contribution in [0.5, 0.6) is 0 Å². The van der Waals surface area contributed by atoms with Crippen LogP contribution in [-0.2, 0) is 10.0 Å². The molecule has 0 radical (unpaired) electrons. The quantitative estimate of drug-likeness (QED) is 0.798. The molecule has 17 heavy (non-hydrogen) atoms. The van der Waals surface area contributed by atoms with Crippen molar-refractivity contribution in [3.8, 4) is 6.07 Å². The van der Waals surface area contributed by atoms with Crippen molar-refractivity contribution in [1.29, 1.82) is 5.26 Å². The predicted molar refractivity (Wildman–Crippen MR) is 63.0 cm³/mol. The molecule has 0 aliphatic carbocycles. The lowest BCUT2D eigenvalue weighted by atomic mass is 10.3. The van der Waals surface area contributed by atoms with Crippen molar-refractivity contribution in [3.63, 3.8) is 0 Å². The van der Waals surface area contributed by atoms with Gasteiger partial charge >= 0.3 is 0 Å². The highest BCUT2D eigenvalue weighted by molar-refractivity contribution is 7.93. The summed E-state index contributed by atoms with van der Waals surface area (Å²) >= 11 is 0. The SMILES string of the molecule is CCC(C#N)S(=O)(=O)Nc1ccc(N)cc1F. The maximum atomic E-state index is 13.4. The Morgan fingerprint density at radius 2 is 2.24 bits per heavy atom. The van der Waals surface area contributed by atoms with Gasteiger partial charge in [-0.15, -0.1) is 0 Å². The molecule has 0 heterocycles. The molecule has 0 aliphatic heterocycles. The van der Waals surface area contributed by atoms with E-state index in [0.717, 1.165) is 6.07 Å². The zero-order valence-electron chi connectivity index (χ0n) is 9.14. The van der Waals surface area contributed by atoms with Crippen LogP contribution in [0.1, 0.15) is 13.3 Å². The molecule has 0 saturated carbocycles. The Hall–Kier alpha value is -1.81. The number of halogens is 1. The van der Waals surface area contributed by atoms with E-state index in [1.807, 2.05) is 4.72 Å². The van der Waals surface area contributed by atoms with Crippen LogP contribution in [-0.4, -0.2) is 13.7 Å². The maximum absolute atomic E-state index is 13.4. The maximum Gasteiger partial charge on any atom is 0.249 e. The lowest BCUT2D eigenvalue weighted by Gasteiger charge is -2.11. The van der Waals surface area contributed by atoms with Gasteiger partial charge in [0.2, 0.25) is 10.0 Å². The zero-order valence-corrected chi connectivity index (χ0v) is 9.96. The average Bonchev–Trinajstić information content (AvgIpc) is 2.23. The normalized spacial score (nSPS) is 12.8. The Kier molecular flexibility index (Phi) is 3.91. The smallest absolute Gasteiger partial charge is 0.249 e. The highest BCUT2D eigenvalue weighted by Gasteiger charge is 2.24. The highest BCUT2D eigenvalue weighted by atomic mass is 32.2. The van der Waals surface area contributed by atoms with E-state index in [1.165, 1.54) is 12.1 Å². The van der Waals surface area contributed by atoms with Crippen LogP contribution in [0.2, 0.25) is 0 Å². The van der Waals surface area contributed by atoms with Gasteiger partial charge in [0.1, 0.15) is 5.82 Å². The summed E-state index contributed by atoms with van der Waals surface area (Å²) in [5.74, 6) is -0.777. The van der Waals surface area contributed by atoms with Crippen molar-refractivity contribution in [1.82, 2.24) is 0 Å². The first-order chi connectivity index (χ1) is 7.90. The summed E-state index contributed by atoms with van der Waals surface area (Å²) in [5.41, 5.74) is 5.31. The van der Waals surface area contributed by atoms with Crippen molar-refractivity contribution < 1.29 is 12.8 Å². The van der Waals surface area contributed by atoms with E-state index >= 15 is 0 Å². The van der Waals surface area contributed by atoms with Gasteiger partial charge < -0.3 is 5.73 Å². The van der Waals surface area contributed by atoms with E-state index < -0.39 is 21.1 Å². The average molecular weight is 257 g/mol. The van der Waals surface area contributed by atoms with Gasteiger partial charge in [0.25, 0.3) is 0 Å². The fourth-order valence-electron chi connectivity index (χ4n) is 1.22. The van der Waals surface area contributed by atoms with Crippen molar-refractivity contribution in [2.24, 2.45) is 0 Å². The third-order valence-electron chi connectivity index (χ3n) is 2.13. The Bertz CT molecular complexity index is 551. The summed E-state index contributed by atoms with van der Waals surface area (Å²) in [6.45, 7) is 1.56. The lowest BCUT2D eigenvalue weighted by molar-refractivity contribution is 0.590. The highest BCUT2D eigenvalue weighted by Crippen LogP contribution is 2.19. The topological polar surface area (TPSA) is 96.0 Å². The first-order valence-electron chi connectivity index (χ1n) is 4.87. The molecule has 1 rings (SSSR count). The number of nitrogen functional groups attached to an aromatic ring is 1. The molecule has 0 fully saturated rings. The second-order valence-corrected chi connectivity index (χ2v) is 5.28. The van der Waals surface area contributed by atoms with Crippen LogP contribution in [0.3, 0.4) is 0 Å². The van der Waals surface area contributed by atoms with E-state index in [1.54, 1.807) is 13.0 Å². The van der Waals surface area contributed by atoms with E-state index in [4.69, 9.17) is 11.0 Å². The van der Waals surface area contributed by atoms with Crippen LogP contribution in [0.25, 0.3) is 0 Å². The van der Waals surface area contributed by atoms with Crippen LogP contribution < -0.4 is 10.5 Å². The molecular formula is C10H12FN3O2S. The molecule has 1 atom stereocenters. The minimum Gasteiger partial charge on any atom is -0.399 e. The Labute approximate surface area is 99.1 Å². The zero-order chi connectivity index (χ0) is 13.1. The summed E-state index contributed by atoms with van der Waals surface area (Å²) in [6.07, 6.45) is 0.127. The number of hydrogen-bond acceptors (Lipinski definition) is 4. The van der Waals surface area contributed by atoms with Gasteiger partial charge in [-0.05, 0) is 24.6 Å². The number of rotatable bonds is 4. The van der Waals surface area contributed by atoms with E-state index in [2.05, 4.69) is 0 Å². The van der Waals surface area contributed by atoms with Crippen molar-refractivity contribution >= 4 is 21.4 Å². The first-order valence-corrected chi connectivity index (χ1v) is 6.41. The molecule has 0 aliphatic rings. The van der Waals surface area contributed by atoms with E-state index in [-0.39, 0.29) is 17.8 Å². The number of nitriles is 1. The summed E-state index contributed by atoms with van der Waals surface area (Å²) in [7, 11) is -3.90. The molecule has 7 heteroatoms. The molecule has 0 amide bonds. The van der Waals surface area contributed by atoms with E-state index in [9.17, 15) is 12.8 Å². The minimum atomic E-state index is -3.90. The molecule has 5 nitrogen and oxygen atoms in total. The van der Waals surface area contributed by atoms with Gasteiger partial charge in [0.05, 0.1) is 11.8 Å². The lowest BCUT2D eigenvalue weighted by Crippen LogP contribution is -2.26. The second-order valence-electron chi connectivity index (χ2n) is 3.41. The van der Waals surface area contributed by atoms with Crippen LogP contribution in [0.4, 0.5) is 15.8 Å². The van der Waals surface area contributed by atoms with Crippen LogP contribution in [0.15, 0.2) is 18.2 Å². The molecular weight excluding hydrogens is 245 g/mol. The van der Waals surface area contributed by atoms with Crippen LogP contribution in [0, 0.1) is 17.1 Å². The third-order valence-corrected chi connectivity index (χ3v) is 3.83. The summed E-state index contributed by atoms with van der Waals surface area (Å²) in [6, 6.07) is 5.23. The molecule has 0 aromatic heterocycles. The Balaban J connectivity index is 3.03.